The van der Waals surface area contributed by atoms with Crippen molar-refractivity contribution in [3.8, 4) is 5.75 Å². The maximum absolute atomic E-state index is 12.4. The Balaban J connectivity index is 1.53. The normalized spacial score (nSPS) is 19.8. The highest BCUT2D eigenvalue weighted by atomic mass is 16.5. The van der Waals surface area contributed by atoms with E-state index in [2.05, 4.69) is 36.6 Å². The van der Waals surface area contributed by atoms with Gasteiger partial charge in [0.15, 0.2) is 0 Å². The molecule has 2 N–H and O–H groups in total. The summed E-state index contributed by atoms with van der Waals surface area (Å²) in [6, 6.07) is 16.8. The average molecular weight is 352 g/mol. The number of piperidine rings is 1. The molecule has 0 aliphatic carbocycles. The summed E-state index contributed by atoms with van der Waals surface area (Å²) in [6.45, 7) is 5.75. The Morgan fingerprint density at radius 2 is 2.08 bits per heavy atom. The van der Waals surface area contributed by atoms with Crippen LogP contribution in [0.25, 0.3) is 0 Å². The van der Waals surface area contributed by atoms with Gasteiger partial charge in [-0.05, 0) is 62.1 Å². The number of amides is 1. The Labute approximate surface area is 156 Å². The predicted octanol–water partition coefficient (Wildman–Crippen LogP) is 3.37. The number of hydrogen-bond acceptors (Lipinski definition) is 3. The van der Waals surface area contributed by atoms with Crippen LogP contribution in [0.1, 0.15) is 36.5 Å². The van der Waals surface area contributed by atoms with Crippen LogP contribution in [0.3, 0.4) is 0 Å². The van der Waals surface area contributed by atoms with Crippen LogP contribution in [0.4, 0.5) is 0 Å². The highest BCUT2D eigenvalue weighted by molar-refractivity contribution is 5.79. The standard InChI is InChI=1S/C22H28N2O2/c1-16-6-3-4-8-19(16)15-26-21-9-5-7-18(13-21)14-22(25)24-20-10-11-23-17(2)12-20/h3-9,13,17,20,23H,10-12,14-15H2,1-2H3,(H,24,25). The number of carbonyl (C=O) groups excluding carboxylic acids is 1. The topological polar surface area (TPSA) is 50.4 Å². The van der Waals surface area contributed by atoms with Gasteiger partial charge in [0.05, 0.1) is 6.42 Å². The molecular formula is C22H28N2O2. The molecule has 0 aromatic heterocycles. The van der Waals surface area contributed by atoms with Crippen molar-refractivity contribution in [1.29, 1.82) is 0 Å². The number of nitrogens with one attached hydrogen (secondary N) is 2. The third kappa shape index (κ3) is 5.33. The van der Waals surface area contributed by atoms with Gasteiger partial charge in [-0.3, -0.25) is 4.79 Å². The molecule has 4 nitrogen and oxygen atoms in total. The Bertz CT molecular complexity index is 744. The first-order chi connectivity index (χ1) is 12.6. The number of aryl methyl sites for hydroxylation is 1. The molecular weight excluding hydrogens is 324 g/mol. The highest BCUT2D eigenvalue weighted by Gasteiger charge is 2.19. The summed E-state index contributed by atoms with van der Waals surface area (Å²) in [6.07, 6.45) is 2.38. The second-order valence-electron chi connectivity index (χ2n) is 7.18. The minimum Gasteiger partial charge on any atom is -0.489 e. The summed E-state index contributed by atoms with van der Waals surface area (Å²) in [4.78, 5) is 12.4. The molecule has 1 fully saturated rings. The Kier molecular flexibility index (Phi) is 6.29. The lowest BCUT2D eigenvalue weighted by molar-refractivity contribution is -0.121. The fraction of sp³-hybridized carbons (Fsp3) is 0.409. The second kappa shape index (κ2) is 8.86. The molecule has 3 rings (SSSR count). The number of ether oxygens (including phenoxy) is 1. The van der Waals surface area contributed by atoms with Crippen molar-refractivity contribution in [2.45, 2.75) is 51.8 Å². The molecule has 0 bridgehead atoms. The van der Waals surface area contributed by atoms with Crippen LogP contribution in [0.2, 0.25) is 0 Å². The summed E-state index contributed by atoms with van der Waals surface area (Å²) < 4.78 is 5.92. The molecule has 2 atom stereocenters. The van der Waals surface area contributed by atoms with Gasteiger partial charge >= 0.3 is 0 Å². The van der Waals surface area contributed by atoms with Crippen molar-refractivity contribution in [3.63, 3.8) is 0 Å². The maximum Gasteiger partial charge on any atom is 0.224 e. The zero-order valence-electron chi connectivity index (χ0n) is 15.6. The van der Waals surface area contributed by atoms with Gasteiger partial charge < -0.3 is 15.4 Å². The predicted molar refractivity (Wildman–Crippen MR) is 104 cm³/mol. The molecule has 1 aliphatic rings. The van der Waals surface area contributed by atoms with Gasteiger partial charge in [0.2, 0.25) is 5.91 Å². The fourth-order valence-electron chi connectivity index (χ4n) is 3.41. The van der Waals surface area contributed by atoms with Gasteiger partial charge in [-0.15, -0.1) is 0 Å². The number of rotatable bonds is 6. The van der Waals surface area contributed by atoms with E-state index in [1.807, 2.05) is 36.4 Å². The zero-order valence-corrected chi connectivity index (χ0v) is 15.6. The molecule has 0 saturated carbocycles. The van der Waals surface area contributed by atoms with E-state index < -0.39 is 0 Å². The smallest absolute Gasteiger partial charge is 0.224 e. The lowest BCUT2D eigenvalue weighted by Crippen LogP contribution is -2.46. The van der Waals surface area contributed by atoms with Gasteiger partial charge in [-0.25, -0.2) is 0 Å². The van der Waals surface area contributed by atoms with Gasteiger partial charge in [0, 0.05) is 12.1 Å². The van der Waals surface area contributed by atoms with Crippen LogP contribution < -0.4 is 15.4 Å². The van der Waals surface area contributed by atoms with Crippen LogP contribution in [-0.2, 0) is 17.8 Å². The molecule has 1 aliphatic heterocycles. The summed E-state index contributed by atoms with van der Waals surface area (Å²) in [7, 11) is 0. The van der Waals surface area contributed by atoms with Crippen molar-refractivity contribution in [3.05, 3.63) is 65.2 Å². The van der Waals surface area contributed by atoms with Gasteiger partial charge in [-0.2, -0.15) is 0 Å². The van der Waals surface area contributed by atoms with Crippen molar-refractivity contribution in [1.82, 2.24) is 10.6 Å². The highest BCUT2D eigenvalue weighted by Crippen LogP contribution is 2.17. The number of benzene rings is 2. The van der Waals surface area contributed by atoms with Crippen molar-refractivity contribution >= 4 is 5.91 Å². The summed E-state index contributed by atoms with van der Waals surface area (Å²) >= 11 is 0. The first kappa shape index (κ1) is 18.5. The van der Waals surface area contributed by atoms with E-state index in [1.54, 1.807) is 0 Å². The first-order valence-electron chi connectivity index (χ1n) is 9.39. The molecule has 4 heteroatoms. The molecule has 2 aromatic rings. The molecule has 1 saturated heterocycles. The molecule has 138 valence electrons. The van der Waals surface area contributed by atoms with Crippen LogP contribution in [-0.4, -0.2) is 24.5 Å². The van der Waals surface area contributed by atoms with E-state index >= 15 is 0 Å². The van der Waals surface area contributed by atoms with Crippen molar-refractivity contribution in [2.75, 3.05) is 6.54 Å². The van der Waals surface area contributed by atoms with Crippen LogP contribution in [0.5, 0.6) is 5.75 Å². The molecule has 26 heavy (non-hydrogen) atoms. The van der Waals surface area contributed by atoms with E-state index in [0.29, 0.717) is 19.1 Å². The molecule has 1 amide bonds. The van der Waals surface area contributed by atoms with E-state index in [1.165, 1.54) is 11.1 Å². The third-order valence-corrected chi connectivity index (χ3v) is 4.91. The van der Waals surface area contributed by atoms with Gasteiger partial charge in [0.1, 0.15) is 12.4 Å². The first-order valence-corrected chi connectivity index (χ1v) is 9.39. The molecule has 2 unspecified atom stereocenters. The summed E-state index contributed by atoms with van der Waals surface area (Å²) in [5.74, 6) is 0.884. The molecule has 1 heterocycles. The van der Waals surface area contributed by atoms with E-state index in [9.17, 15) is 4.79 Å². The second-order valence-corrected chi connectivity index (χ2v) is 7.18. The lowest BCUT2D eigenvalue weighted by Gasteiger charge is -2.28. The monoisotopic (exact) mass is 352 g/mol. The van der Waals surface area contributed by atoms with Crippen LogP contribution >= 0.6 is 0 Å². The minimum absolute atomic E-state index is 0.0835. The maximum atomic E-state index is 12.4. The van der Waals surface area contributed by atoms with Gasteiger partial charge in [0.25, 0.3) is 0 Å². The fourth-order valence-corrected chi connectivity index (χ4v) is 3.41. The SMILES string of the molecule is Cc1ccccc1COc1cccc(CC(=O)NC2CCNC(C)C2)c1. The van der Waals surface area contributed by atoms with E-state index in [-0.39, 0.29) is 11.9 Å². The van der Waals surface area contributed by atoms with E-state index in [0.717, 1.165) is 30.7 Å². The Morgan fingerprint density at radius 3 is 2.88 bits per heavy atom. The van der Waals surface area contributed by atoms with Gasteiger partial charge in [-0.1, -0.05) is 36.4 Å². The van der Waals surface area contributed by atoms with Crippen molar-refractivity contribution < 1.29 is 9.53 Å². The third-order valence-electron chi connectivity index (χ3n) is 4.91. The molecule has 0 spiro atoms. The largest absolute Gasteiger partial charge is 0.489 e. The lowest BCUT2D eigenvalue weighted by atomic mass is 10.0. The average Bonchev–Trinajstić information content (AvgIpc) is 2.61. The Hall–Kier alpha value is -2.33. The van der Waals surface area contributed by atoms with Crippen LogP contribution in [0, 0.1) is 6.92 Å². The Morgan fingerprint density at radius 1 is 1.23 bits per heavy atom. The zero-order chi connectivity index (χ0) is 18.4. The molecule has 0 radical (unpaired) electrons. The quantitative estimate of drug-likeness (QED) is 0.838. The number of carbonyl (C=O) groups is 1. The van der Waals surface area contributed by atoms with E-state index in [4.69, 9.17) is 4.74 Å². The number of hydrogen-bond donors (Lipinski definition) is 2. The summed E-state index contributed by atoms with van der Waals surface area (Å²) in [5.41, 5.74) is 3.38. The van der Waals surface area contributed by atoms with Crippen LogP contribution in [0.15, 0.2) is 48.5 Å². The molecule has 2 aromatic carbocycles. The minimum atomic E-state index is 0.0835. The van der Waals surface area contributed by atoms with Crippen molar-refractivity contribution in [2.24, 2.45) is 0 Å². The summed E-state index contributed by atoms with van der Waals surface area (Å²) in [5, 5.41) is 6.57.